The molecule has 0 saturated heterocycles. The molecule has 1 aliphatic carbocycles. The van der Waals surface area contributed by atoms with Crippen LogP contribution in [0.1, 0.15) is 24.2 Å². The predicted octanol–water partition coefficient (Wildman–Crippen LogP) is 2.91. The van der Waals surface area contributed by atoms with Crippen LogP contribution in [-0.2, 0) is 12.5 Å². The lowest BCUT2D eigenvalue weighted by molar-refractivity contribution is 0.217. The Balaban J connectivity index is 2.10. The van der Waals surface area contributed by atoms with Crippen molar-refractivity contribution in [3.63, 3.8) is 0 Å². The second kappa shape index (κ2) is 4.50. The summed E-state index contributed by atoms with van der Waals surface area (Å²) in [6.45, 7) is 0. The first-order valence-corrected chi connectivity index (χ1v) is 7.02. The van der Waals surface area contributed by atoms with E-state index in [9.17, 15) is 0 Å². The van der Waals surface area contributed by atoms with Gasteiger partial charge in [-0.2, -0.15) is 0 Å². The van der Waals surface area contributed by atoms with Gasteiger partial charge >= 0.3 is 0 Å². The maximum Gasteiger partial charge on any atom is 0.143 e. The number of aryl methyl sites for hydroxylation is 1. The molecule has 0 aliphatic heterocycles. The number of aromatic nitrogens is 3. The van der Waals surface area contributed by atoms with Crippen molar-refractivity contribution in [3.8, 4) is 12.3 Å². The highest BCUT2D eigenvalue weighted by molar-refractivity contribution is 9.10. The molecule has 0 radical (unpaired) electrons. The van der Waals surface area contributed by atoms with Crippen molar-refractivity contribution >= 4 is 15.9 Å². The summed E-state index contributed by atoms with van der Waals surface area (Å²) >= 11 is 3.54. The summed E-state index contributed by atoms with van der Waals surface area (Å²) in [5.41, 5.74) is 1.16. The molecule has 1 aromatic carbocycles. The van der Waals surface area contributed by atoms with Gasteiger partial charge in [-0.1, -0.05) is 28.1 Å². The summed E-state index contributed by atoms with van der Waals surface area (Å²) in [5.74, 6) is 4.18. The number of terminal acetylenes is 1. The molecule has 4 heteroatoms. The minimum Gasteiger partial charge on any atom is -0.320 e. The second-order valence-electron chi connectivity index (χ2n) is 5.13. The van der Waals surface area contributed by atoms with Crippen molar-refractivity contribution in [2.45, 2.75) is 18.3 Å². The summed E-state index contributed by atoms with van der Waals surface area (Å²) in [6.07, 6.45) is 9.17. The zero-order valence-corrected chi connectivity index (χ0v) is 12.3. The highest BCUT2D eigenvalue weighted by Crippen LogP contribution is 2.51. The molecule has 0 unspecified atom stereocenters. The van der Waals surface area contributed by atoms with Crippen LogP contribution >= 0.6 is 15.9 Å². The van der Waals surface area contributed by atoms with E-state index in [1.165, 1.54) is 5.56 Å². The molecule has 3 nitrogen and oxygen atoms in total. The Morgan fingerprint density at radius 2 is 2.26 bits per heavy atom. The van der Waals surface area contributed by atoms with Crippen LogP contribution in [0.5, 0.6) is 0 Å². The highest BCUT2D eigenvalue weighted by atomic mass is 79.9. The van der Waals surface area contributed by atoms with Crippen molar-refractivity contribution in [1.29, 1.82) is 0 Å². The largest absolute Gasteiger partial charge is 0.320 e. The van der Waals surface area contributed by atoms with Gasteiger partial charge in [0.1, 0.15) is 12.2 Å². The minimum atomic E-state index is -0.0912. The van der Waals surface area contributed by atoms with Gasteiger partial charge in [0.2, 0.25) is 0 Å². The monoisotopic (exact) mass is 315 g/mol. The van der Waals surface area contributed by atoms with Gasteiger partial charge in [-0.05, 0) is 30.5 Å². The van der Waals surface area contributed by atoms with Crippen LogP contribution < -0.4 is 0 Å². The summed E-state index contributed by atoms with van der Waals surface area (Å²) in [7, 11) is 1.98. The molecule has 19 heavy (non-hydrogen) atoms. The first-order chi connectivity index (χ1) is 9.15. The maximum absolute atomic E-state index is 5.55. The van der Waals surface area contributed by atoms with Gasteiger partial charge in [0, 0.05) is 17.4 Å². The second-order valence-corrected chi connectivity index (χ2v) is 6.05. The molecule has 1 fully saturated rings. The van der Waals surface area contributed by atoms with Gasteiger partial charge in [0.05, 0.1) is 5.41 Å². The summed E-state index contributed by atoms with van der Waals surface area (Å²) < 4.78 is 3.07. The van der Waals surface area contributed by atoms with E-state index in [0.29, 0.717) is 5.92 Å². The third-order valence-corrected chi connectivity index (χ3v) is 4.44. The van der Waals surface area contributed by atoms with E-state index in [4.69, 9.17) is 6.42 Å². The maximum atomic E-state index is 5.55. The Hall–Kier alpha value is -1.60. The fourth-order valence-electron chi connectivity index (χ4n) is 2.95. The molecule has 0 N–H and O–H groups in total. The lowest BCUT2D eigenvalue weighted by Gasteiger charge is -2.45. The van der Waals surface area contributed by atoms with E-state index in [1.807, 2.05) is 17.7 Å². The van der Waals surface area contributed by atoms with E-state index >= 15 is 0 Å². The van der Waals surface area contributed by atoms with E-state index in [0.717, 1.165) is 23.1 Å². The van der Waals surface area contributed by atoms with Crippen LogP contribution in [0.15, 0.2) is 35.1 Å². The van der Waals surface area contributed by atoms with Crippen molar-refractivity contribution in [2.24, 2.45) is 13.0 Å². The minimum absolute atomic E-state index is 0.0912. The lowest BCUT2D eigenvalue weighted by atomic mass is 9.58. The Morgan fingerprint density at radius 3 is 2.84 bits per heavy atom. The molecule has 0 atom stereocenters. The molecule has 2 aromatic rings. The Kier molecular flexibility index (Phi) is 2.94. The molecular formula is C15H14BrN3. The average Bonchev–Trinajstić information content (AvgIpc) is 2.76. The first-order valence-electron chi connectivity index (χ1n) is 6.22. The lowest BCUT2D eigenvalue weighted by Crippen LogP contribution is -2.43. The fourth-order valence-corrected chi connectivity index (χ4v) is 3.35. The van der Waals surface area contributed by atoms with E-state index in [2.05, 4.69) is 50.2 Å². The zero-order valence-electron chi connectivity index (χ0n) is 10.7. The topological polar surface area (TPSA) is 30.7 Å². The first kappa shape index (κ1) is 12.4. The standard InChI is InChI=1S/C15H14BrN3/c1-3-11-8-15(9-11,14-18-17-10-19(14)2)12-5-4-6-13(16)7-12/h1,4-7,10-11H,8-9H2,2H3. The molecule has 1 aromatic heterocycles. The molecule has 3 rings (SSSR count). The van der Waals surface area contributed by atoms with Gasteiger partial charge in [-0.25, -0.2) is 0 Å². The SMILES string of the molecule is C#CC1CC(c2cccc(Br)c2)(c2nncn2C)C1. The smallest absolute Gasteiger partial charge is 0.143 e. The summed E-state index contributed by atoms with van der Waals surface area (Å²) in [4.78, 5) is 0. The van der Waals surface area contributed by atoms with Gasteiger partial charge in [-0.3, -0.25) is 0 Å². The number of halogens is 1. The molecule has 1 aliphatic rings. The van der Waals surface area contributed by atoms with Crippen LogP contribution in [0.25, 0.3) is 0 Å². The van der Waals surface area contributed by atoms with E-state index in [-0.39, 0.29) is 5.41 Å². The molecular weight excluding hydrogens is 302 g/mol. The summed E-state index contributed by atoms with van der Waals surface area (Å²) in [6, 6.07) is 8.39. The van der Waals surface area contributed by atoms with Crippen LogP contribution in [-0.4, -0.2) is 14.8 Å². The average molecular weight is 316 g/mol. The van der Waals surface area contributed by atoms with Crippen LogP contribution in [0.2, 0.25) is 0 Å². The Morgan fingerprint density at radius 1 is 1.47 bits per heavy atom. The summed E-state index contributed by atoms with van der Waals surface area (Å²) in [5, 5.41) is 8.33. The van der Waals surface area contributed by atoms with Crippen LogP contribution in [0.4, 0.5) is 0 Å². The quantitative estimate of drug-likeness (QED) is 0.798. The van der Waals surface area contributed by atoms with Crippen LogP contribution in [0, 0.1) is 18.3 Å². The van der Waals surface area contributed by atoms with Gasteiger partial charge in [0.15, 0.2) is 0 Å². The third kappa shape index (κ3) is 1.89. The normalized spacial score (nSPS) is 25.6. The fraction of sp³-hybridized carbons (Fsp3) is 0.333. The molecule has 1 saturated carbocycles. The number of hydrogen-bond acceptors (Lipinski definition) is 2. The number of nitrogens with zero attached hydrogens (tertiary/aromatic N) is 3. The third-order valence-electron chi connectivity index (χ3n) is 3.94. The molecule has 0 amide bonds. The van der Waals surface area contributed by atoms with Gasteiger partial charge in [-0.15, -0.1) is 22.5 Å². The Labute approximate surface area is 121 Å². The molecule has 0 spiro atoms. The van der Waals surface area contributed by atoms with Crippen LogP contribution in [0.3, 0.4) is 0 Å². The van der Waals surface area contributed by atoms with Crippen molar-refractivity contribution in [3.05, 3.63) is 46.5 Å². The molecule has 1 heterocycles. The molecule has 96 valence electrons. The van der Waals surface area contributed by atoms with E-state index in [1.54, 1.807) is 6.33 Å². The van der Waals surface area contributed by atoms with Crippen molar-refractivity contribution in [2.75, 3.05) is 0 Å². The number of rotatable bonds is 2. The number of benzene rings is 1. The number of hydrogen-bond donors (Lipinski definition) is 0. The zero-order chi connectivity index (χ0) is 13.5. The highest BCUT2D eigenvalue weighted by Gasteiger charge is 2.49. The Bertz CT molecular complexity index is 647. The molecule has 0 bridgehead atoms. The van der Waals surface area contributed by atoms with Crippen molar-refractivity contribution < 1.29 is 0 Å². The van der Waals surface area contributed by atoms with E-state index < -0.39 is 0 Å². The van der Waals surface area contributed by atoms with Gasteiger partial charge < -0.3 is 4.57 Å². The predicted molar refractivity (Wildman–Crippen MR) is 77.5 cm³/mol. The van der Waals surface area contributed by atoms with Gasteiger partial charge in [0.25, 0.3) is 0 Å². The van der Waals surface area contributed by atoms with Crippen molar-refractivity contribution in [1.82, 2.24) is 14.8 Å².